The van der Waals surface area contributed by atoms with Gasteiger partial charge in [0, 0.05) is 25.2 Å². The Morgan fingerprint density at radius 3 is 2.72 bits per heavy atom. The number of rotatable bonds is 4. The zero-order chi connectivity index (χ0) is 13.0. The van der Waals surface area contributed by atoms with Crippen molar-refractivity contribution in [1.82, 2.24) is 0 Å². The van der Waals surface area contributed by atoms with Gasteiger partial charge in [0.25, 0.3) is 0 Å². The summed E-state index contributed by atoms with van der Waals surface area (Å²) in [5, 5.41) is 0. The molecule has 0 spiro atoms. The van der Waals surface area contributed by atoms with Gasteiger partial charge in [-0.3, -0.25) is 4.79 Å². The number of para-hydroxylation sites is 1. The quantitative estimate of drug-likeness (QED) is 0.877. The van der Waals surface area contributed by atoms with Gasteiger partial charge in [-0.2, -0.15) is 0 Å². The number of nitrogens with two attached hydrogens (primary N) is 1. The van der Waals surface area contributed by atoms with Gasteiger partial charge >= 0.3 is 0 Å². The van der Waals surface area contributed by atoms with Gasteiger partial charge < -0.3 is 15.4 Å². The number of Topliss-reactive ketones (excluding diaryl/α,β-unsaturated/α-hetero) is 1. The monoisotopic (exact) mass is 248 g/mol. The van der Waals surface area contributed by atoms with Crippen molar-refractivity contribution in [2.45, 2.75) is 19.4 Å². The van der Waals surface area contributed by atoms with Gasteiger partial charge in [0.15, 0.2) is 5.78 Å². The SMILES string of the molecule is CCC(=O)C(N)c1ccccc1N1CCOCC1. The second-order valence-corrected chi connectivity index (χ2v) is 4.46. The van der Waals surface area contributed by atoms with Crippen molar-refractivity contribution >= 4 is 11.5 Å². The maximum absolute atomic E-state index is 11.8. The number of ketones is 1. The van der Waals surface area contributed by atoms with Crippen molar-refractivity contribution in [3.8, 4) is 0 Å². The molecule has 18 heavy (non-hydrogen) atoms. The molecule has 2 N–H and O–H groups in total. The highest BCUT2D eigenvalue weighted by molar-refractivity contribution is 5.86. The maximum Gasteiger partial charge on any atom is 0.153 e. The van der Waals surface area contributed by atoms with Crippen molar-refractivity contribution in [2.24, 2.45) is 5.73 Å². The van der Waals surface area contributed by atoms with Gasteiger partial charge in [-0.05, 0) is 11.6 Å². The molecule has 1 aromatic rings. The van der Waals surface area contributed by atoms with Crippen molar-refractivity contribution < 1.29 is 9.53 Å². The lowest BCUT2D eigenvalue weighted by atomic mass is 9.99. The fraction of sp³-hybridized carbons (Fsp3) is 0.500. The molecule has 0 bridgehead atoms. The molecular formula is C14H20N2O2. The topological polar surface area (TPSA) is 55.6 Å². The van der Waals surface area contributed by atoms with E-state index in [1.165, 1.54) is 0 Å². The number of anilines is 1. The van der Waals surface area contributed by atoms with Crippen LogP contribution in [0.1, 0.15) is 24.9 Å². The first-order valence-corrected chi connectivity index (χ1v) is 6.44. The Hall–Kier alpha value is -1.39. The maximum atomic E-state index is 11.8. The molecule has 1 aromatic carbocycles. The minimum absolute atomic E-state index is 0.0794. The summed E-state index contributed by atoms with van der Waals surface area (Å²) < 4.78 is 5.35. The van der Waals surface area contributed by atoms with Crippen LogP contribution in [0, 0.1) is 0 Å². The number of benzene rings is 1. The van der Waals surface area contributed by atoms with E-state index in [-0.39, 0.29) is 5.78 Å². The van der Waals surface area contributed by atoms with Crippen molar-refractivity contribution in [3.63, 3.8) is 0 Å². The molecule has 1 aliphatic heterocycles. The number of carbonyl (C=O) groups is 1. The van der Waals surface area contributed by atoms with Crippen LogP contribution in [0.2, 0.25) is 0 Å². The average molecular weight is 248 g/mol. The van der Waals surface area contributed by atoms with E-state index in [0.717, 1.165) is 37.6 Å². The molecular weight excluding hydrogens is 228 g/mol. The van der Waals surface area contributed by atoms with Crippen molar-refractivity contribution in [1.29, 1.82) is 0 Å². The molecule has 0 saturated carbocycles. The van der Waals surface area contributed by atoms with E-state index in [1.807, 2.05) is 31.2 Å². The molecule has 0 radical (unpaired) electrons. The Labute approximate surface area is 108 Å². The van der Waals surface area contributed by atoms with Crippen LogP contribution in [0.3, 0.4) is 0 Å². The summed E-state index contributed by atoms with van der Waals surface area (Å²) >= 11 is 0. The average Bonchev–Trinajstić information content (AvgIpc) is 2.46. The number of carbonyl (C=O) groups excluding carboxylic acids is 1. The van der Waals surface area contributed by atoms with Gasteiger partial charge in [-0.1, -0.05) is 25.1 Å². The van der Waals surface area contributed by atoms with E-state index in [2.05, 4.69) is 4.90 Å². The van der Waals surface area contributed by atoms with Crippen LogP contribution in [-0.4, -0.2) is 32.1 Å². The first-order chi connectivity index (χ1) is 8.74. The predicted molar refractivity (Wildman–Crippen MR) is 71.7 cm³/mol. The molecule has 2 rings (SSSR count). The van der Waals surface area contributed by atoms with Crippen LogP contribution in [-0.2, 0) is 9.53 Å². The standard InChI is InChI=1S/C14H20N2O2/c1-2-13(17)14(15)11-5-3-4-6-12(11)16-7-9-18-10-8-16/h3-6,14H,2,7-10,15H2,1H3. The molecule has 1 heterocycles. The Balaban J connectivity index is 2.27. The highest BCUT2D eigenvalue weighted by Gasteiger charge is 2.21. The highest BCUT2D eigenvalue weighted by atomic mass is 16.5. The normalized spacial score (nSPS) is 17.6. The molecule has 0 aromatic heterocycles. The number of hydrogen-bond acceptors (Lipinski definition) is 4. The minimum atomic E-state index is -0.519. The summed E-state index contributed by atoms with van der Waals surface area (Å²) in [4.78, 5) is 14.0. The smallest absolute Gasteiger partial charge is 0.153 e. The molecule has 1 fully saturated rings. The Morgan fingerprint density at radius 1 is 1.39 bits per heavy atom. The zero-order valence-electron chi connectivity index (χ0n) is 10.8. The summed E-state index contributed by atoms with van der Waals surface area (Å²) in [7, 11) is 0. The van der Waals surface area contributed by atoms with Crippen LogP contribution in [0.15, 0.2) is 24.3 Å². The minimum Gasteiger partial charge on any atom is -0.378 e. The number of morpholine rings is 1. The van der Waals surface area contributed by atoms with Crippen LogP contribution < -0.4 is 10.6 Å². The third-order valence-corrected chi connectivity index (χ3v) is 3.32. The van der Waals surface area contributed by atoms with Crippen LogP contribution >= 0.6 is 0 Å². The van der Waals surface area contributed by atoms with E-state index in [0.29, 0.717) is 6.42 Å². The summed E-state index contributed by atoms with van der Waals surface area (Å²) in [5.74, 6) is 0.0794. The highest BCUT2D eigenvalue weighted by Crippen LogP contribution is 2.26. The van der Waals surface area contributed by atoms with Crippen molar-refractivity contribution in [3.05, 3.63) is 29.8 Å². The second kappa shape index (κ2) is 5.98. The lowest BCUT2D eigenvalue weighted by Crippen LogP contribution is -2.37. The van der Waals surface area contributed by atoms with Crippen LogP contribution in [0.25, 0.3) is 0 Å². The Kier molecular flexibility index (Phi) is 4.33. The first-order valence-electron chi connectivity index (χ1n) is 6.44. The molecule has 4 nitrogen and oxygen atoms in total. The third kappa shape index (κ3) is 2.71. The Bertz CT molecular complexity index is 414. The third-order valence-electron chi connectivity index (χ3n) is 3.32. The van der Waals surface area contributed by atoms with Gasteiger partial charge in [-0.25, -0.2) is 0 Å². The molecule has 1 saturated heterocycles. The van der Waals surface area contributed by atoms with Crippen molar-refractivity contribution in [2.75, 3.05) is 31.2 Å². The summed E-state index contributed by atoms with van der Waals surface area (Å²) in [6.07, 6.45) is 0.471. The lowest BCUT2D eigenvalue weighted by Gasteiger charge is -2.31. The molecule has 1 atom stereocenters. The van der Waals surface area contributed by atoms with E-state index < -0.39 is 6.04 Å². The lowest BCUT2D eigenvalue weighted by molar-refractivity contribution is -0.120. The second-order valence-electron chi connectivity index (χ2n) is 4.46. The molecule has 1 unspecified atom stereocenters. The largest absolute Gasteiger partial charge is 0.378 e. The summed E-state index contributed by atoms with van der Waals surface area (Å²) in [5.41, 5.74) is 8.04. The molecule has 1 aliphatic rings. The summed E-state index contributed by atoms with van der Waals surface area (Å²) in [6, 6.07) is 7.38. The van der Waals surface area contributed by atoms with Gasteiger partial charge in [0.2, 0.25) is 0 Å². The van der Waals surface area contributed by atoms with Crippen LogP contribution in [0.5, 0.6) is 0 Å². The molecule has 98 valence electrons. The fourth-order valence-electron chi connectivity index (χ4n) is 2.24. The van der Waals surface area contributed by atoms with E-state index >= 15 is 0 Å². The first kappa shape index (κ1) is 13.1. The summed E-state index contributed by atoms with van der Waals surface area (Å²) in [6.45, 7) is 5.00. The predicted octanol–water partition coefficient (Wildman–Crippen LogP) is 1.50. The van der Waals surface area contributed by atoms with E-state index in [4.69, 9.17) is 10.5 Å². The fourth-order valence-corrected chi connectivity index (χ4v) is 2.24. The number of hydrogen-bond donors (Lipinski definition) is 1. The van der Waals surface area contributed by atoms with Crippen LogP contribution in [0.4, 0.5) is 5.69 Å². The Morgan fingerprint density at radius 2 is 2.06 bits per heavy atom. The number of ether oxygens (including phenoxy) is 1. The molecule has 0 aliphatic carbocycles. The van der Waals surface area contributed by atoms with E-state index in [1.54, 1.807) is 0 Å². The van der Waals surface area contributed by atoms with Gasteiger partial charge in [0.05, 0.1) is 19.3 Å². The zero-order valence-corrected chi connectivity index (χ0v) is 10.8. The van der Waals surface area contributed by atoms with E-state index in [9.17, 15) is 4.79 Å². The number of nitrogens with zero attached hydrogens (tertiary/aromatic N) is 1. The van der Waals surface area contributed by atoms with Gasteiger partial charge in [-0.15, -0.1) is 0 Å². The molecule has 4 heteroatoms. The van der Waals surface area contributed by atoms with Gasteiger partial charge in [0.1, 0.15) is 0 Å². The molecule has 0 amide bonds.